The number of rotatable bonds is 6. The number of fused-ring (bicyclic) bond motifs is 1. The van der Waals surface area contributed by atoms with Gasteiger partial charge in [0.15, 0.2) is 0 Å². The van der Waals surface area contributed by atoms with Gasteiger partial charge in [-0.25, -0.2) is 0 Å². The van der Waals surface area contributed by atoms with Gasteiger partial charge in [0, 0.05) is 37.3 Å². The summed E-state index contributed by atoms with van der Waals surface area (Å²) in [4.78, 5) is 28.7. The van der Waals surface area contributed by atoms with E-state index in [2.05, 4.69) is 11.3 Å². The lowest BCUT2D eigenvalue weighted by atomic mass is 10.0. The molecule has 145 valence electrons. The lowest BCUT2D eigenvalue weighted by Gasteiger charge is -2.21. The predicted molar refractivity (Wildman–Crippen MR) is 109 cm³/mol. The van der Waals surface area contributed by atoms with E-state index in [4.69, 9.17) is 5.73 Å². The number of hydrogen-bond donors (Lipinski definition) is 1. The molecule has 4 rings (SSSR count). The minimum Gasteiger partial charge on any atom is -0.366 e. The highest BCUT2D eigenvalue weighted by molar-refractivity contribution is 5.95. The minimum atomic E-state index is -0.384. The van der Waals surface area contributed by atoms with Gasteiger partial charge in [-0.3, -0.25) is 9.59 Å². The maximum absolute atomic E-state index is 12.6. The zero-order chi connectivity index (χ0) is 19.5. The van der Waals surface area contributed by atoms with Crippen molar-refractivity contribution in [3.05, 3.63) is 77.7 Å². The summed E-state index contributed by atoms with van der Waals surface area (Å²) in [7, 11) is 0. The van der Waals surface area contributed by atoms with Crippen molar-refractivity contribution < 1.29 is 9.59 Å². The molecule has 2 aliphatic rings. The molecule has 0 aliphatic carbocycles. The van der Waals surface area contributed by atoms with Gasteiger partial charge in [0.05, 0.1) is 0 Å². The number of nitrogens with zero attached hydrogens (tertiary/aromatic N) is 2. The molecule has 5 heteroatoms. The Morgan fingerprint density at radius 2 is 1.57 bits per heavy atom. The molecule has 5 nitrogen and oxygen atoms in total. The van der Waals surface area contributed by atoms with Gasteiger partial charge < -0.3 is 15.5 Å². The average Bonchev–Trinajstić information content (AvgIpc) is 3.27. The number of primary amides is 1. The third kappa shape index (κ3) is 3.94. The summed E-state index contributed by atoms with van der Waals surface area (Å²) in [5.41, 5.74) is 7.72. The molecule has 2 atom stereocenters. The fraction of sp³-hybridized carbons (Fsp3) is 0.348. The zero-order valence-electron chi connectivity index (χ0n) is 16.0. The van der Waals surface area contributed by atoms with Gasteiger partial charge in [-0.15, -0.1) is 0 Å². The number of amides is 2. The summed E-state index contributed by atoms with van der Waals surface area (Å²) in [5.74, 6) is 0.889. The molecule has 2 aromatic carbocycles. The lowest BCUT2D eigenvalue weighted by molar-refractivity contribution is 0.0774. The van der Waals surface area contributed by atoms with E-state index in [-0.39, 0.29) is 11.8 Å². The van der Waals surface area contributed by atoms with Crippen molar-refractivity contribution in [2.75, 3.05) is 32.7 Å². The number of hydrogen-bond acceptors (Lipinski definition) is 3. The highest BCUT2D eigenvalue weighted by Gasteiger charge is 2.41. The van der Waals surface area contributed by atoms with Gasteiger partial charge in [-0.2, -0.15) is 0 Å². The molecule has 2 aromatic rings. The number of likely N-dealkylation sites (tertiary alicyclic amines) is 2. The SMILES string of the molecule is NC(=O)c1ccccc1[CH]CCN1CC2CN(C(=O)c3ccccc3)C[C@@H]2C1. The van der Waals surface area contributed by atoms with Gasteiger partial charge in [0.2, 0.25) is 5.91 Å². The first kappa shape index (κ1) is 18.7. The molecule has 2 amide bonds. The molecule has 0 aromatic heterocycles. The predicted octanol–water partition coefficient (Wildman–Crippen LogP) is 2.43. The lowest BCUT2D eigenvalue weighted by Crippen LogP contribution is -2.33. The van der Waals surface area contributed by atoms with Crippen LogP contribution in [0.15, 0.2) is 54.6 Å². The Labute approximate surface area is 166 Å². The zero-order valence-corrected chi connectivity index (χ0v) is 16.0. The number of carbonyl (C=O) groups is 2. The van der Waals surface area contributed by atoms with E-state index in [1.165, 1.54) is 0 Å². The monoisotopic (exact) mass is 376 g/mol. The Morgan fingerprint density at radius 1 is 0.929 bits per heavy atom. The van der Waals surface area contributed by atoms with Crippen molar-refractivity contribution in [3.63, 3.8) is 0 Å². The summed E-state index contributed by atoms with van der Waals surface area (Å²) in [5, 5.41) is 0. The van der Waals surface area contributed by atoms with E-state index in [9.17, 15) is 9.59 Å². The molecule has 28 heavy (non-hydrogen) atoms. The van der Waals surface area contributed by atoms with E-state index in [0.717, 1.165) is 50.3 Å². The average molecular weight is 376 g/mol. The van der Waals surface area contributed by atoms with Crippen LogP contribution in [0.4, 0.5) is 0 Å². The highest BCUT2D eigenvalue weighted by Crippen LogP contribution is 2.32. The van der Waals surface area contributed by atoms with E-state index in [1.54, 1.807) is 6.07 Å². The van der Waals surface area contributed by atoms with Gasteiger partial charge in [-0.05, 0) is 55.0 Å². The van der Waals surface area contributed by atoms with Crippen LogP contribution in [0.2, 0.25) is 0 Å². The standard InChI is InChI=1S/C23H26N3O2/c24-22(27)21-11-5-4-7-17(21)10-6-12-25-13-19-15-26(16-20(19)14-25)23(28)18-8-2-1-3-9-18/h1-5,7-11,19-20H,6,12-16H2,(H2,24,27)/t19-,20?/m0/s1. The molecule has 1 radical (unpaired) electrons. The molecule has 0 bridgehead atoms. The summed E-state index contributed by atoms with van der Waals surface area (Å²) < 4.78 is 0. The van der Waals surface area contributed by atoms with Gasteiger partial charge in [-0.1, -0.05) is 36.4 Å². The van der Waals surface area contributed by atoms with Crippen LogP contribution < -0.4 is 5.73 Å². The Balaban J connectivity index is 1.26. The maximum atomic E-state index is 12.6. The van der Waals surface area contributed by atoms with Crippen molar-refractivity contribution in [1.82, 2.24) is 9.80 Å². The van der Waals surface area contributed by atoms with Crippen LogP contribution in [0.25, 0.3) is 0 Å². The summed E-state index contributed by atoms with van der Waals surface area (Å²) in [6.45, 7) is 4.74. The highest BCUT2D eigenvalue weighted by atomic mass is 16.2. The van der Waals surface area contributed by atoms with E-state index < -0.39 is 0 Å². The summed E-state index contributed by atoms with van der Waals surface area (Å²) in [6.07, 6.45) is 2.98. The van der Waals surface area contributed by atoms with Crippen LogP contribution in [-0.2, 0) is 0 Å². The van der Waals surface area contributed by atoms with Gasteiger partial charge in [0.1, 0.15) is 0 Å². The third-order valence-corrected chi connectivity index (χ3v) is 5.91. The largest absolute Gasteiger partial charge is 0.366 e. The number of nitrogens with two attached hydrogens (primary N) is 1. The van der Waals surface area contributed by atoms with E-state index in [1.807, 2.05) is 53.4 Å². The molecule has 0 saturated carbocycles. The van der Waals surface area contributed by atoms with Crippen LogP contribution >= 0.6 is 0 Å². The van der Waals surface area contributed by atoms with Crippen molar-refractivity contribution in [3.8, 4) is 0 Å². The van der Waals surface area contributed by atoms with Crippen molar-refractivity contribution in [1.29, 1.82) is 0 Å². The molecule has 1 unspecified atom stereocenters. The third-order valence-electron chi connectivity index (χ3n) is 5.91. The topological polar surface area (TPSA) is 66.6 Å². The van der Waals surface area contributed by atoms with Crippen LogP contribution in [0, 0.1) is 18.3 Å². The second-order valence-electron chi connectivity index (χ2n) is 7.80. The normalized spacial score (nSPS) is 21.6. The van der Waals surface area contributed by atoms with Crippen molar-refractivity contribution in [2.24, 2.45) is 17.6 Å². The van der Waals surface area contributed by atoms with Crippen molar-refractivity contribution >= 4 is 11.8 Å². The first-order valence-electron chi connectivity index (χ1n) is 9.90. The molecule has 0 spiro atoms. The Bertz CT molecular complexity index is 838. The molecule has 2 aliphatic heterocycles. The number of benzene rings is 2. The van der Waals surface area contributed by atoms with Crippen LogP contribution in [0.5, 0.6) is 0 Å². The second kappa shape index (κ2) is 8.15. The van der Waals surface area contributed by atoms with E-state index in [0.29, 0.717) is 17.4 Å². The summed E-state index contributed by atoms with van der Waals surface area (Å²) >= 11 is 0. The minimum absolute atomic E-state index is 0.151. The Kier molecular flexibility index (Phi) is 5.44. The van der Waals surface area contributed by atoms with E-state index >= 15 is 0 Å². The quantitative estimate of drug-likeness (QED) is 0.842. The maximum Gasteiger partial charge on any atom is 0.253 e. The van der Waals surface area contributed by atoms with Gasteiger partial charge in [0.25, 0.3) is 5.91 Å². The molecule has 2 N–H and O–H groups in total. The van der Waals surface area contributed by atoms with Crippen LogP contribution in [-0.4, -0.2) is 54.3 Å². The fourth-order valence-electron chi connectivity index (χ4n) is 4.50. The second-order valence-corrected chi connectivity index (χ2v) is 7.80. The fourth-order valence-corrected chi connectivity index (χ4v) is 4.50. The van der Waals surface area contributed by atoms with Crippen LogP contribution in [0.3, 0.4) is 0 Å². The molecular weight excluding hydrogens is 350 g/mol. The Morgan fingerprint density at radius 3 is 2.25 bits per heavy atom. The van der Waals surface area contributed by atoms with Crippen LogP contribution in [0.1, 0.15) is 32.7 Å². The number of carbonyl (C=O) groups excluding carboxylic acids is 2. The molecule has 2 saturated heterocycles. The molecule has 2 heterocycles. The summed E-state index contributed by atoms with van der Waals surface area (Å²) in [6, 6.07) is 17.0. The molecular formula is C23H26N3O2. The van der Waals surface area contributed by atoms with Crippen molar-refractivity contribution in [2.45, 2.75) is 6.42 Å². The molecule has 2 fully saturated rings. The first-order chi connectivity index (χ1) is 13.6. The first-order valence-corrected chi connectivity index (χ1v) is 9.90. The van der Waals surface area contributed by atoms with Gasteiger partial charge >= 0.3 is 0 Å². The smallest absolute Gasteiger partial charge is 0.253 e. The Hall–Kier alpha value is -2.66.